The van der Waals surface area contributed by atoms with Crippen molar-refractivity contribution in [1.82, 2.24) is 5.32 Å². The predicted octanol–water partition coefficient (Wildman–Crippen LogP) is 10.1. The highest BCUT2D eigenvalue weighted by Crippen LogP contribution is 2.61. The average Bonchev–Trinajstić information content (AvgIpc) is 3.26. The highest BCUT2D eigenvalue weighted by atomic mass is 28.4. The van der Waals surface area contributed by atoms with Gasteiger partial charge in [0.1, 0.15) is 0 Å². The van der Waals surface area contributed by atoms with Crippen LogP contribution in [0.2, 0.25) is 36.3 Å². The van der Waals surface area contributed by atoms with E-state index < -0.39 is 16.6 Å². The molecule has 244 valence electrons. The van der Waals surface area contributed by atoms with Crippen molar-refractivity contribution in [2.75, 3.05) is 13.2 Å². The number of carbonyl (C=O) groups excluding carboxylic acids is 1. The van der Waals surface area contributed by atoms with Crippen LogP contribution in [0, 0.1) is 34.5 Å². The molecule has 42 heavy (non-hydrogen) atoms. The summed E-state index contributed by atoms with van der Waals surface area (Å²) in [7, 11) is -3.75. The van der Waals surface area contributed by atoms with Gasteiger partial charge in [-0.1, -0.05) is 80.9 Å². The zero-order valence-electron chi connectivity index (χ0n) is 30.0. The second-order valence-electron chi connectivity index (χ2n) is 18.0. The summed E-state index contributed by atoms with van der Waals surface area (Å²) in [5.74, 6) is 2.41. The molecule has 3 aliphatic rings. The number of allylic oxidation sites excluding steroid dienone is 2. The summed E-state index contributed by atoms with van der Waals surface area (Å²) in [5.41, 5.74) is 0.444. The van der Waals surface area contributed by atoms with Gasteiger partial charge in [-0.2, -0.15) is 0 Å². The lowest BCUT2D eigenvalue weighted by molar-refractivity contribution is -0.123. The van der Waals surface area contributed by atoms with Crippen molar-refractivity contribution in [2.45, 2.75) is 162 Å². The van der Waals surface area contributed by atoms with Crippen LogP contribution in [0.5, 0.6) is 0 Å². The molecule has 2 saturated carbocycles. The molecule has 0 bridgehead atoms. The monoisotopic (exact) mass is 619 g/mol. The minimum atomic E-state index is -1.89. The summed E-state index contributed by atoms with van der Waals surface area (Å²) in [5, 5.41) is 3.85. The van der Waals surface area contributed by atoms with Crippen LogP contribution >= 0.6 is 0 Å². The number of hydrogen-bond acceptors (Lipinski definition) is 3. The molecule has 1 amide bonds. The van der Waals surface area contributed by atoms with Crippen LogP contribution in [0.4, 0.5) is 0 Å². The van der Waals surface area contributed by atoms with Crippen molar-refractivity contribution in [3.8, 4) is 0 Å². The van der Waals surface area contributed by atoms with Gasteiger partial charge in [-0.05, 0) is 116 Å². The zero-order valence-corrected chi connectivity index (χ0v) is 32.0. The first kappa shape index (κ1) is 36.0. The lowest BCUT2D eigenvalue weighted by Gasteiger charge is -2.57. The molecular weight excluding hydrogens is 551 g/mol. The fraction of sp³-hybridized carbons (Fsp3) is 0.917. The van der Waals surface area contributed by atoms with Gasteiger partial charge in [0.25, 0.3) is 0 Å². The van der Waals surface area contributed by atoms with Crippen molar-refractivity contribution < 1.29 is 13.6 Å². The molecule has 3 rings (SSSR count). The molecule has 0 aromatic carbocycles. The number of nitrogens with one attached hydrogen (secondary N) is 1. The molecule has 3 aliphatic carbocycles. The smallest absolute Gasteiger partial charge is 0.220 e. The number of hydrogen-bond donors (Lipinski definition) is 1. The molecule has 6 heteroatoms. The van der Waals surface area contributed by atoms with Crippen LogP contribution in [0.25, 0.3) is 0 Å². The van der Waals surface area contributed by atoms with E-state index >= 15 is 0 Å². The van der Waals surface area contributed by atoms with Crippen molar-refractivity contribution in [3.63, 3.8) is 0 Å². The molecule has 0 heterocycles. The Bertz CT molecular complexity index is 948. The SMILES string of the molecule is CCCCC(=O)NC[C@@H]1[C@@H]([C@@]2(C)CCC(O[Si](C)(C)C(C)(C)C)C[C@@H]2CO[Si](C)(C)C(C)(C)C)CC[C@]2(C)C=CC[C@@H]12. The highest BCUT2D eigenvalue weighted by Gasteiger charge is 2.56. The molecular formula is C36H69NO3Si2. The molecule has 0 aromatic heterocycles. The Labute approximate surface area is 263 Å². The van der Waals surface area contributed by atoms with Gasteiger partial charge < -0.3 is 14.2 Å². The number of carbonyl (C=O) groups is 1. The molecule has 1 unspecified atom stereocenters. The molecule has 7 atom stereocenters. The zero-order chi connectivity index (χ0) is 31.8. The van der Waals surface area contributed by atoms with E-state index in [1.807, 2.05) is 0 Å². The van der Waals surface area contributed by atoms with Gasteiger partial charge >= 0.3 is 0 Å². The van der Waals surface area contributed by atoms with Gasteiger partial charge in [0, 0.05) is 25.7 Å². The Morgan fingerprint density at radius 1 is 0.952 bits per heavy atom. The Balaban J connectivity index is 1.92. The molecule has 0 aliphatic heterocycles. The number of rotatable bonds is 11. The van der Waals surface area contributed by atoms with Gasteiger partial charge in [0.15, 0.2) is 16.6 Å². The first-order valence-electron chi connectivity index (χ1n) is 17.4. The predicted molar refractivity (Wildman–Crippen MR) is 185 cm³/mol. The Morgan fingerprint density at radius 2 is 1.60 bits per heavy atom. The summed E-state index contributed by atoms with van der Waals surface area (Å²) in [6, 6.07) is 0. The highest BCUT2D eigenvalue weighted by molar-refractivity contribution is 6.74. The number of amides is 1. The van der Waals surface area contributed by atoms with Crippen LogP contribution in [-0.2, 0) is 13.6 Å². The first-order chi connectivity index (χ1) is 19.2. The van der Waals surface area contributed by atoms with E-state index in [9.17, 15) is 4.79 Å². The summed E-state index contributed by atoms with van der Waals surface area (Å²) in [6.07, 6.45) is 15.0. The largest absolute Gasteiger partial charge is 0.417 e. The van der Waals surface area contributed by atoms with E-state index in [-0.39, 0.29) is 26.8 Å². The van der Waals surface area contributed by atoms with Crippen molar-refractivity contribution in [1.29, 1.82) is 0 Å². The topological polar surface area (TPSA) is 47.6 Å². The molecule has 0 saturated heterocycles. The maximum atomic E-state index is 12.9. The summed E-state index contributed by atoms with van der Waals surface area (Å²) in [4.78, 5) is 12.9. The maximum absolute atomic E-state index is 12.9. The minimum absolute atomic E-state index is 0.179. The fourth-order valence-electron chi connectivity index (χ4n) is 7.88. The normalized spacial score (nSPS) is 34.4. The lowest BCUT2D eigenvalue weighted by Crippen LogP contribution is -2.55. The van der Waals surface area contributed by atoms with E-state index in [0.29, 0.717) is 36.2 Å². The summed E-state index contributed by atoms with van der Waals surface area (Å²) in [6.45, 7) is 32.7. The first-order valence-corrected chi connectivity index (χ1v) is 23.2. The molecule has 0 spiro atoms. The van der Waals surface area contributed by atoms with Crippen LogP contribution in [0.15, 0.2) is 12.2 Å². The lowest BCUT2D eigenvalue weighted by atomic mass is 9.49. The average molecular weight is 620 g/mol. The number of unbranched alkanes of at least 4 members (excludes halogenated alkanes) is 1. The fourth-order valence-corrected chi connectivity index (χ4v) is 10.3. The summed E-state index contributed by atoms with van der Waals surface area (Å²) >= 11 is 0. The van der Waals surface area contributed by atoms with Gasteiger partial charge in [-0.25, -0.2) is 0 Å². The van der Waals surface area contributed by atoms with E-state index in [2.05, 4.69) is 106 Å². The molecule has 0 aromatic rings. The van der Waals surface area contributed by atoms with E-state index in [4.69, 9.17) is 8.85 Å². The van der Waals surface area contributed by atoms with Crippen LogP contribution < -0.4 is 5.32 Å². The maximum Gasteiger partial charge on any atom is 0.220 e. The molecule has 2 fully saturated rings. The third kappa shape index (κ3) is 7.85. The van der Waals surface area contributed by atoms with Crippen molar-refractivity contribution in [2.24, 2.45) is 34.5 Å². The third-order valence-electron chi connectivity index (χ3n) is 13.1. The minimum Gasteiger partial charge on any atom is -0.417 e. The molecule has 1 N–H and O–H groups in total. The van der Waals surface area contributed by atoms with Gasteiger partial charge in [0.05, 0.1) is 0 Å². The van der Waals surface area contributed by atoms with Crippen LogP contribution in [0.3, 0.4) is 0 Å². The molecule has 0 radical (unpaired) electrons. The van der Waals surface area contributed by atoms with Crippen LogP contribution in [-0.4, -0.2) is 41.8 Å². The number of fused-ring (bicyclic) bond motifs is 1. The van der Waals surface area contributed by atoms with Gasteiger partial charge in [0.2, 0.25) is 5.91 Å². The Kier molecular flexibility index (Phi) is 11.3. The van der Waals surface area contributed by atoms with E-state index in [1.165, 1.54) is 19.3 Å². The second kappa shape index (κ2) is 13.1. The van der Waals surface area contributed by atoms with Gasteiger partial charge in [-0.3, -0.25) is 4.79 Å². The van der Waals surface area contributed by atoms with Crippen molar-refractivity contribution in [3.05, 3.63) is 12.2 Å². The van der Waals surface area contributed by atoms with E-state index in [0.717, 1.165) is 45.3 Å². The quantitative estimate of drug-likeness (QED) is 0.185. The Morgan fingerprint density at radius 3 is 2.19 bits per heavy atom. The van der Waals surface area contributed by atoms with Crippen molar-refractivity contribution >= 4 is 22.5 Å². The molecule has 4 nitrogen and oxygen atoms in total. The van der Waals surface area contributed by atoms with Crippen LogP contribution in [0.1, 0.15) is 120 Å². The van der Waals surface area contributed by atoms with E-state index in [1.54, 1.807) is 0 Å². The second-order valence-corrected chi connectivity index (χ2v) is 27.6. The summed E-state index contributed by atoms with van der Waals surface area (Å²) < 4.78 is 14.2. The third-order valence-corrected chi connectivity index (χ3v) is 22.1. The Hall–Kier alpha value is -0.436. The van der Waals surface area contributed by atoms with Gasteiger partial charge in [-0.15, -0.1) is 0 Å². The standard InChI is InChI=1S/C36H69NO3Si2/c1-14-15-18-32(38)37-25-29-30-17-16-21-35(30,8)22-20-31(29)36(9)23-19-28(40-42(12,13)34(5,6)7)24-27(36)26-39-41(10,11)33(2,3)4/h16,21,27-31H,14-15,17-20,22-26H2,1-13H3,(H,37,38)/t27-,28?,29+,30+,31+,35+,36+/m1/s1.